The lowest BCUT2D eigenvalue weighted by atomic mass is 9.98. The summed E-state index contributed by atoms with van der Waals surface area (Å²) in [4.78, 5) is 28.0. The largest absolute Gasteiger partial charge is 0.416 e. The van der Waals surface area contributed by atoms with Gasteiger partial charge in [0.05, 0.1) is 12.1 Å². The molecule has 8 heteroatoms. The molecule has 5 nitrogen and oxygen atoms in total. The first-order valence-corrected chi connectivity index (χ1v) is 11.2. The summed E-state index contributed by atoms with van der Waals surface area (Å²) in [6.45, 7) is 5.34. The molecular weight excluding hydrogens is 443 g/mol. The fraction of sp³-hybridized carbons (Fsp3) is 0.385. The third-order valence-corrected chi connectivity index (χ3v) is 6.29. The minimum Gasteiger partial charge on any atom is -0.332 e. The van der Waals surface area contributed by atoms with Gasteiger partial charge in [0.15, 0.2) is 0 Å². The molecule has 2 aromatic rings. The Morgan fingerprint density at radius 3 is 2.74 bits per heavy atom. The average Bonchev–Trinajstić information content (AvgIpc) is 3.38. The number of carbonyl (C=O) groups excluding carboxylic acids is 2. The van der Waals surface area contributed by atoms with Crippen LogP contribution < -0.4 is 10.2 Å². The molecule has 178 valence electrons. The fourth-order valence-corrected chi connectivity index (χ4v) is 4.62. The smallest absolute Gasteiger partial charge is 0.332 e. The molecule has 2 heterocycles. The third kappa shape index (κ3) is 4.95. The zero-order chi connectivity index (χ0) is 24.5. The molecule has 2 aliphatic heterocycles. The minimum absolute atomic E-state index is 0.0183. The third-order valence-electron chi connectivity index (χ3n) is 6.29. The molecule has 2 aliphatic rings. The van der Waals surface area contributed by atoms with Gasteiger partial charge in [-0.1, -0.05) is 18.1 Å². The number of benzene rings is 2. The molecule has 0 aliphatic carbocycles. The van der Waals surface area contributed by atoms with Crippen molar-refractivity contribution in [3.05, 3.63) is 64.2 Å². The molecule has 0 spiro atoms. The first-order chi connectivity index (χ1) is 16.2. The zero-order valence-electron chi connectivity index (χ0n) is 19.1. The molecule has 1 fully saturated rings. The molecule has 0 unspecified atom stereocenters. The molecule has 0 radical (unpaired) electrons. The summed E-state index contributed by atoms with van der Waals surface area (Å²) in [6.07, 6.45) is -3.75. The number of nitrogens with one attached hydrogen (secondary N) is 1. The lowest BCUT2D eigenvalue weighted by Crippen LogP contribution is -2.30. The van der Waals surface area contributed by atoms with Gasteiger partial charge >= 0.3 is 6.18 Å². The van der Waals surface area contributed by atoms with Crippen LogP contribution in [-0.4, -0.2) is 36.3 Å². The van der Waals surface area contributed by atoms with E-state index in [0.717, 1.165) is 18.1 Å². The normalized spacial score (nSPS) is 17.6. The van der Waals surface area contributed by atoms with Crippen LogP contribution in [-0.2, 0) is 24.1 Å². The number of carbonyl (C=O) groups is 2. The van der Waals surface area contributed by atoms with Crippen molar-refractivity contribution in [2.24, 2.45) is 5.92 Å². The van der Waals surface area contributed by atoms with Crippen LogP contribution in [0, 0.1) is 24.7 Å². The predicted octanol–water partition coefficient (Wildman–Crippen LogP) is 4.14. The molecular formula is C26H26F3N3O2. The molecule has 0 saturated carbocycles. The monoisotopic (exact) mass is 469 g/mol. The van der Waals surface area contributed by atoms with Crippen LogP contribution in [0.1, 0.15) is 46.0 Å². The second-order valence-corrected chi connectivity index (χ2v) is 8.81. The average molecular weight is 470 g/mol. The Hall–Kier alpha value is -3.31. The van der Waals surface area contributed by atoms with Crippen molar-refractivity contribution in [2.75, 3.05) is 24.5 Å². The van der Waals surface area contributed by atoms with Crippen LogP contribution in [0.15, 0.2) is 36.4 Å². The standard InChI is InChI=1S/C26H26F3N3O2/c1-3-5-24(33)31-9-8-18(15-31)13-30-14-19-11-21-22(23(12-19)26(27,28)29)16-32(25(21)34)20-7-4-6-17(2)10-20/h4,6-7,10-12,18,30H,8-9,13-16H2,1-2H3/t18-/m1/s1. The number of hydrogen-bond donors (Lipinski definition) is 1. The van der Waals surface area contributed by atoms with E-state index in [2.05, 4.69) is 17.2 Å². The summed E-state index contributed by atoms with van der Waals surface area (Å²) in [6, 6.07) is 9.89. The van der Waals surface area contributed by atoms with E-state index in [1.807, 2.05) is 13.0 Å². The van der Waals surface area contributed by atoms with Gasteiger partial charge in [0.25, 0.3) is 11.8 Å². The van der Waals surface area contributed by atoms with E-state index >= 15 is 0 Å². The van der Waals surface area contributed by atoms with Crippen molar-refractivity contribution in [1.82, 2.24) is 10.2 Å². The van der Waals surface area contributed by atoms with E-state index in [4.69, 9.17) is 0 Å². The first kappa shape index (κ1) is 23.8. The highest BCUT2D eigenvalue weighted by Gasteiger charge is 2.40. The summed E-state index contributed by atoms with van der Waals surface area (Å²) < 4.78 is 41.7. The fourth-order valence-electron chi connectivity index (χ4n) is 4.62. The molecule has 2 aromatic carbocycles. The van der Waals surface area contributed by atoms with Gasteiger partial charge in [0.1, 0.15) is 0 Å². The van der Waals surface area contributed by atoms with Crippen molar-refractivity contribution < 1.29 is 22.8 Å². The van der Waals surface area contributed by atoms with E-state index in [1.165, 1.54) is 4.90 Å². The van der Waals surface area contributed by atoms with Crippen LogP contribution in [0.25, 0.3) is 0 Å². The summed E-state index contributed by atoms with van der Waals surface area (Å²) in [5.74, 6) is 4.72. The quantitative estimate of drug-likeness (QED) is 0.670. The summed E-state index contributed by atoms with van der Waals surface area (Å²) >= 11 is 0. The maximum atomic E-state index is 13.9. The lowest BCUT2D eigenvalue weighted by molar-refractivity contribution is -0.138. The van der Waals surface area contributed by atoms with Gasteiger partial charge in [0.2, 0.25) is 0 Å². The minimum atomic E-state index is -4.56. The predicted molar refractivity (Wildman–Crippen MR) is 123 cm³/mol. The summed E-state index contributed by atoms with van der Waals surface area (Å²) in [5.41, 5.74) is 1.28. The van der Waals surface area contributed by atoms with Crippen LogP contribution >= 0.6 is 0 Å². The van der Waals surface area contributed by atoms with Crippen LogP contribution in [0.4, 0.5) is 18.9 Å². The molecule has 4 rings (SSSR count). The second kappa shape index (κ2) is 9.51. The number of alkyl halides is 3. The van der Waals surface area contributed by atoms with Crippen LogP contribution in [0.2, 0.25) is 0 Å². The maximum absolute atomic E-state index is 13.9. The molecule has 0 aromatic heterocycles. The SMILES string of the molecule is CC#CC(=O)N1CC[C@H](CNCc2cc3c(c(C(F)(F)F)c2)CN(c2cccc(C)c2)C3=O)C1. The van der Waals surface area contributed by atoms with Crippen molar-refractivity contribution in [3.63, 3.8) is 0 Å². The van der Waals surface area contributed by atoms with Gasteiger partial charge in [-0.15, -0.1) is 0 Å². The summed E-state index contributed by atoms with van der Waals surface area (Å²) in [5, 5.41) is 3.20. The van der Waals surface area contributed by atoms with Gasteiger partial charge in [-0.2, -0.15) is 13.2 Å². The van der Waals surface area contributed by atoms with Gasteiger partial charge in [-0.25, -0.2) is 0 Å². The number of likely N-dealkylation sites (tertiary alicyclic amines) is 1. The van der Waals surface area contributed by atoms with E-state index in [1.54, 1.807) is 36.1 Å². The number of nitrogens with zero attached hydrogens (tertiary/aromatic N) is 2. The van der Waals surface area contributed by atoms with Crippen molar-refractivity contribution in [2.45, 2.75) is 39.5 Å². The number of rotatable bonds is 5. The Balaban J connectivity index is 1.49. The summed E-state index contributed by atoms with van der Waals surface area (Å²) in [7, 11) is 0. The Morgan fingerprint density at radius 1 is 1.24 bits per heavy atom. The number of anilines is 1. The first-order valence-electron chi connectivity index (χ1n) is 11.2. The highest BCUT2D eigenvalue weighted by atomic mass is 19.4. The van der Waals surface area contributed by atoms with Crippen LogP contribution in [0.3, 0.4) is 0 Å². The van der Waals surface area contributed by atoms with E-state index in [0.29, 0.717) is 30.9 Å². The zero-order valence-corrected chi connectivity index (χ0v) is 19.1. The molecule has 0 bridgehead atoms. The van der Waals surface area contributed by atoms with E-state index < -0.39 is 17.6 Å². The second-order valence-electron chi connectivity index (χ2n) is 8.81. The number of hydrogen-bond acceptors (Lipinski definition) is 3. The molecule has 34 heavy (non-hydrogen) atoms. The van der Waals surface area contributed by atoms with Crippen molar-refractivity contribution in [3.8, 4) is 11.8 Å². The van der Waals surface area contributed by atoms with Gasteiger partial charge in [-0.05, 0) is 73.1 Å². The van der Waals surface area contributed by atoms with Gasteiger partial charge in [0, 0.05) is 37.4 Å². The van der Waals surface area contributed by atoms with Gasteiger partial charge in [-0.3, -0.25) is 9.59 Å². The maximum Gasteiger partial charge on any atom is 0.416 e. The number of aryl methyl sites for hydroxylation is 1. The van der Waals surface area contributed by atoms with E-state index in [-0.39, 0.29) is 36.0 Å². The number of amides is 2. The number of halogens is 3. The van der Waals surface area contributed by atoms with E-state index in [9.17, 15) is 22.8 Å². The molecule has 1 saturated heterocycles. The number of fused-ring (bicyclic) bond motifs is 1. The Labute approximate surface area is 196 Å². The molecule has 2 amide bonds. The Bertz CT molecular complexity index is 1180. The topological polar surface area (TPSA) is 52.7 Å². The highest BCUT2D eigenvalue weighted by molar-refractivity contribution is 6.10. The van der Waals surface area contributed by atoms with Crippen molar-refractivity contribution >= 4 is 17.5 Å². The lowest BCUT2D eigenvalue weighted by Gasteiger charge is -2.17. The van der Waals surface area contributed by atoms with Crippen molar-refractivity contribution in [1.29, 1.82) is 0 Å². The van der Waals surface area contributed by atoms with Gasteiger partial charge < -0.3 is 15.1 Å². The molecule has 1 atom stereocenters. The highest BCUT2D eigenvalue weighted by Crippen LogP contribution is 2.39. The Kier molecular flexibility index (Phi) is 6.67. The Morgan fingerprint density at radius 2 is 2.03 bits per heavy atom. The molecule has 1 N–H and O–H groups in total. The van der Waals surface area contributed by atoms with Crippen LogP contribution in [0.5, 0.6) is 0 Å².